The summed E-state index contributed by atoms with van der Waals surface area (Å²) in [4.78, 5) is 5.39. The molecule has 0 radical (unpaired) electrons. The maximum atomic E-state index is 5.42. The number of ether oxygens (including phenoxy) is 2. The van der Waals surface area contributed by atoms with Gasteiger partial charge in [0.15, 0.2) is 16.3 Å². The van der Waals surface area contributed by atoms with Gasteiger partial charge in [0.05, 0.1) is 25.3 Å². The van der Waals surface area contributed by atoms with E-state index in [1.807, 2.05) is 12.1 Å². The number of rotatable bonds is 5. The van der Waals surface area contributed by atoms with Crippen molar-refractivity contribution in [2.24, 2.45) is 0 Å². The van der Waals surface area contributed by atoms with Crippen LogP contribution in [0.5, 0.6) is 11.5 Å². The van der Waals surface area contributed by atoms with Crippen molar-refractivity contribution in [3.8, 4) is 11.5 Å². The van der Waals surface area contributed by atoms with E-state index in [-0.39, 0.29) is 0 Å². The minimum Gasteiger partial charge on any atom is -0.493 e. The van der Waals surface area contributed by atoms with Gasteiger partial charge in [0, 0.05) is 24.7 Å². The second kappa shape index (κ2) is 5.85. The number of methoxy groups -OCH3 is 2. The number of imidazole rings is 1. The molecule has 2 aromatic rings. The first-order chi connectivity index (χ1) is 9.47. The number of fused-ring (bicyclic) bond motifs is 1. The summed E-state index contributed by atoms with van der Waals surface area (Å²) < 4.78 is 13.5. The topological polar surface area (TPSA) is 42.4 Å². The molecule has 1 N–H and O–H groups in total. The molecule has 0 aliphatic heterocycles. The van der Waals surface area contributed by atoms with Crippen molar-refractivity contribution < 1.29 is 9.47 Å². The number of nitrogens with zero attached hydrogens (tertiary/aromatic N) is 2. The van der Waals surface area contributed by atoms with E-state index < -0.39 is 0 Å². The monoisotopic (exact) mass is 295 g/mol. The van der Waals surface area contributed by atoms with Crippen LogP contribution in [0.1, 0.15) is 6.92 Å². The van der Waals surface area contributed by atoms with Gasteiger partial charge in [-0.2, -0.15) is 0 Å². The summed E-state index contributed by atoms with van der Waals surface area (Å²) in [5, 5.41) is 0. The maximum Gasteiger partial charge on any atom is 0.178 e. The van der Waals surface area contributed by atoms with Gasteiger partial charge in [-0.1, -0.05) is 0 Å². The highest BCUT2D eigenvalue weighted by molar-refractivity contribution is 7.71. The fourth-order valence-electron chi connectivity index (χ4n) is 2.09. The van der Waals surface area contributed by atoms with Crippen molar-refractivity contribution in [2.45, 2.75) is 19.5 Å². The average molecular weight is 295 g/mol. The van der Waals surface area contributed by atoms with E-state index in [0.29, 0.717) is 22.3 Å². The summed E-state index contributed by atoms with van der Waals surface area (Å²) in [7, 11) is 7.39. The fourth-order valence-corrected chi connectivity index (χ4v) is 2.38. The Morgan fingerprint density at radius 2 is 1.85 bits per heavy atom. The molecule has 0 aliphatic rings. The molecule has 0 saturated heterocycles. The highest BCUT2D eigenvalue weighted by Gasteiger charge is 2.13. The van der Waals surface area contributed by atoms with E-state index in [9.17, 15) is 0 Å². The first-order valence-electron chi connectivity index (χ1n) is 6.49. The predicted octanol–water partition coefficient (Wildman–Crippen LogP) is 2.67. The zero-order valence-electron chi connectivity index (χ0n) is 12.6. The van der Waals surface area contributed by atoms with Crippen molar-refractivity contribution in [1.29, 1.82) is 0 Å². The fraction of sp³-hybridized carbons (Fsp3) is 0.500. The summed E-state index contributed by atoms with van der Waals surface area (Å²) >= 11 is 5.42. The summed E-state index contributed by atoms with van der Waals surface area (Å²) in [6, 6.07) is 4.26. The lowest BCUT2D eigenvalue weighted by molar-refractivity contribution is 0.285. The number of hydrogen-bond donors (Lipinski definition) is 1. The van der Waals surface area contributed by atoms with Crippen LogP contribution < -0.4 is 9.47 Å². The highest BCUT2D eigenvalue weighted by Crippen LogP contribution is 2.32. The Bertz CT molecular complexity index is 660. The third-order valence-corrected chi connectivity index (χ3v) is 3.93. The van der Waals surface area contributed by atoms with Gasteiger partial charge in [-0.25, -0.2) is 0 Å². The van der Waals surface area contributed by atoms with Crippen molar-refractivity contribution in [3.63, 3.8) is 0 Å². The Kier molecular flexibility index (Phi) is 4.35. The molecule has 1 aromatic heterocycles. The van der Waals surface area contributed by atoms with Crippen LogP contribution in [0.15, 0.2) is 12.1 Å². The third-order valence-electron chi connectivity index (χ3n) is 3.61. The second-order valence-electron chi connectivity index (χ2n) is 5.08. The third kappa shape index (κ3) is 2.66. The van der Waals surface area contributed by atoms with Crippen LogP contribution >= 0.6 is 12.2 Å². The van der Waals surface area contributed by atoms with Crippen LogP contribution in [0.3, 0.4) is 0 Å². The van der Waals surface area contributed by atoms with Crippen LogP contribution in [-0.2, 0) is 6.54 Å². The van der Waals surface area contributed by atoms with E-state index in [1.165, 1.54) is 0 Å². The molecule has 0 amide bonds. The molecule has 5 nitrogen and oxygen atoms in total. The summed E-state index contributed by atoms with van der Waals surface area (Å²) in [5.74, 6) is 1.41. The van der Waals surface area contributed by atoms with Gasteiger partial charge in [0.1, 0.15) is 0 Å². The standard InChI is InChI=1S/C14H21N3O2S/c1-9(16(2)3)8-17-11-7-13(19-5)12(18-4)6-10(11)15-14(17)20/h6-7,9H,8H2,1-5H3,(H,15,20). The van der Waals surface area contributed by atoms with Gasteiger partial charge in [-0.15, -0.1) is 0 Å². The molecule has 20 heavy (non-hydrogen) atoms. The predicted molar refractivity (Wildman–Crippen MR) is 83.4 cm³/mol. The molecule has 1 unspecified atom stereocenters. The van der Waals surface area contributed by atoms with Crippen molar-refractivity contribution in [1.82, 2.24) is 14.5 Å². The van der Waals surface area contributed by atoms with Crippen molar-refractivity contribution in [2.75, 3.05) is 28.3 Å². The first kappa shape index (κ1) is 14.9. The van der Waals surface area contributed by atoms with Gasteiger partial charge >= 0.3 is 0 Å². The molecule has 1 aromatic carbocycles. The lowest BCUT2D eigenvalue weighted by atomic mass is 10.2. The number of likely N-dealkylation sites (N-methyl/N-ethyl adjacent to an activating group) is 1. The van der Waals surface area contributed by atoms with Crippen LogP contribution in [0, 0.1) is 4.77 Å². The van der Waals surface area contributed by atoms with E-state index in [4.69, 9.17) is 21.7 Å². The molecule has 1 atom stereocenters. The number of H-pyrrole nitrogens is 1. The minimum absolute atomic E-state index is 0.383. The van der Waals surface area contributed by atoms with E-state index >= 15 is 0 Å². The van der Waals surface area contributed by atoms with E-state index in [0.717, 1.165) is 17.6 Å². The van der Waals surface area contributed by atoms with Crippen LogP contribution in [0.4, 0.5) is 0 Å². The second-order valence-corrected chi connectivity index (χ2v) is 5.46. The number of aromatic nitrogens is 2. The Hall–Kier alpha value is -1.53. The molecule has 0 bridgehead atoms. The van der Waals surface area contributed by atoms with Gasteiger partial charge in [-0.05, 0) is 33.2 Å². The summed E-state index contributed by atoms with van der Waals surface area (Å²) in [6.07, 6.45) is 0. The van der Waals surface area contributed by atoms with Crippen molar-refractivity contribution in [3.05, 3.63) is 16.9 Å². The normalized spacial score (nSPS) is 12.9. The van der Waals surface area contributed by atoms with Crippen molar-refractivity contribution >= 4 is 23.3 Å². The lowest BCUT2D eigenvalue weighted by Crippen LogP contribution is -2.29. The number of benzene rings is 1. The van der Waals surface area contributed by atoms with Gasteiger partial charge in [0.2, 0.25) is 0 Å². The smallest absolute Gasteiger partial charge is 0.178 e. The van der Waals surface area contributed by atoms with Gasteiger partial charge < -0.3 is 23.9 Å². The molecule has 6 heteroatoms. The summed E-state index contributed by atoms with van der Waals surface area (Å²) in [6.45, 7) is 2.99. The van der Waals surface area contributed by atoms with Crippen LogP contribution in [0.25, 0.3) is 11.0 Å². The SMILES string of the molecule is COc1cc2[nH]c(=S)n(CC(C)N(C)C)c2cc1OC. The zero-order valence-corrected chi connectivity index (χ0v) is 13.4. The van der Waals surface area contributed by atoms with E-state index in [2.05, 4.69) is 35.5 Å². The zero-order chi connectivity index (χ0) is 14.9. The Morgan fingerprint density at radius 3 is 2.40 bits per heavy atom. The molecule has 0 saturated carbocycles. The number of nitrogens with one attached hydrogen (secondary N) is 1. The molecule has 0 fully saturated rings. The van der Waals surface area contributed by atoms with Gasteiger partial charge in [-0.3, -0.25) is 0 Å². The van der Waals surface area contributed by atoms with Gasteiger partial charge in [0.25, 0.3) is 0 Å². The van der Waals surface area contributed by atoms with E-state index in [1.54, 1.807) is 14.2 Å². The molecular weight excluding hydrogens is 274 g/mol. The number of hydrogen-bond acceptors (Lipinski definition) is 4. The molecule has 0 spiro atoms. The molecule has 110 valence electrons. The molecule has 2 rings (SSSR count). The molecular formula is C14H21N3O2S. The Balaban J connectivity index is 2.55. The van der Waals surface area contributed by atoms with Crippen LogP contribution in [-0.4, -0.2) is 48.8 Å². The number of aromatic amines is 1. The molecule has 0 aliphatic carbocycles. The van der Waals surface area contributed by atoms with Crippen LogP contribution in [0.2, 0.25) is 0 Å². The minimum atomic E-state index is 0.383. The molecule has 1 heterocycles. The quantitative estimate of drug-likeness (QED) is 0.861. The first-order valence-corrected chi connectivity index (χ1v) is 6.89. The largest absolute Gasteiger partial charge is 0.493 e. The Labute approximate surface area is 124 Å². The highest BCUT2D eigenvalue weighted by atomic mass is 32.1. The maximum absolute atomic E-state index is 5.42. The lowest BCUT2D eigenvalue weighted by Gasteiger charge is -2.20. The Morgan fingerprint density at radius 1 is 1.25 bits per heavy atom. The summed E-state index contributed by atoms with van der Waals surface area (Å²) in [5.41, 5.74) is 1.99. The average Bonchev–Trinajstić information content (AvgIpc) is 2.72.